The predicted molar refractivity (Wildman–Crippen MR) is 466 cm³/mol. The Bertz CT molecular complexity index is 1830. The van der Waals surface area contributed by atoms with Crippen molar-refractivity contribution in [2.24, 2.45) is 94.7 Å². The summed E-state index contributed by atoms with van der Waals surface area (Å²) in [6, 6.07) is 0. The lowest BCUT2D eigenvalue weighted by molar-refractivity contribution is 0.116. The molecule has 0 spiro atoms. The molecule has 6 bridgehead atoms. The van der Waals surface area contributed by atoms with Crippen molar-refractivity contribution in [3.05, 3.63) is 36.5 Å². The van der Waals surface area contributed by atoms with E-state index >= 15 is 0 Å². The molecule has 26 aliphatic rings. The lowest BCUT2D eigenvalue weighted by Crippen LogP contribution is -2.28. The minimum absolute atomic E-state index is 1.14. The van der Waals surface area contributed by atoms with Gasteiger partial charge in [-0.25, -0.2) is 0 Å². The van der Waals surface area contributed by atoms with E-state index in [0.717, 1.165) is 36.5 Å². The molecule has 26 aliphatic carbocycles. The Hall–Kier alpha value is -0.780. The van der Waals surface area contributed by atoms with Crippen LogP contribution in [0.2, 0.25) is 0 Å². The van der Waals surface area contributed by atoms with Crippen molar-refractivity contribution in [1.82, 2.24) is 0 Å². The number of rotatable bonds is 0. The van der Waals surface area contributed by atoms with E-state index in [1.165, 1.54) is 379 Å². The van der Waals surface area contributed by atoms with E-state index in [-0.39, 0.29) is 0 Å². The van der Waals surface area contributed by atoms with Crippen molar-refractivity contribution in [1.29, 1.82) is 0 Å². The van der Waals surface area contributed by atoms with Crippen LogP contribution in [0.25, 0.3) is 0 Å². The molecule has 24 fully saturated rings. The van der Waals surface area contributed by atoms with Gasteiger partial charge in [0.05, 0.1) is 0 Å². The standard InChI is InChI=1S/C10H18.C9H16.2C8H14.C8H16.2C7H12.C7H14.C6H10.C6H12.C6H10.C6H8.C5H8.C5H10.C4H8.C3H6/c1-2-6-10-8-4-3-7-9(10)5-1;1-2-5-9-7-3-6-8(9)4-1;1-3-7-5-2-6-8(7)4-1;1-2-8-5-3-7(1)4-6-8;1-2-4-6-8-7-5-3-1;1-2-7-4-3-6(1)5-7;1-2-6-4-7(3-1)5-6;1-2-4-6-7-5-3-1;1-2-5-4-6(5)3-1;3*1-2-4-6-5-3-1;1-2-5-3-4(1)5;1-2-4-5-3-1;1-2-4-3-1;1-2-3-1/h9-10H,1-8H2;8-9H,1-7H2;2*7-8H,1-6H2;1-8H2;2*6-7H,1-5H2;1-7H2;5-6H,1-4H2;1-6H2;1-2H,3-6H2;1-2,5-6H,3-4H2;4-5H,1-3H2;1-5H2;1-4H2;1-3H2. The smallest absolute Gasteiger partial charge is 0.0169 e. The SMILES string of the molecule is C1=CCC=CC1.C1=CCCCC1.C1CC1.C1CC2CC(C1)C2.C1CC2CC12.C1CC2CC2C1.C1CC2CCC1C2.C1CC2CCC1CC2.C1CC2CCCC2C1.C1CCC1.C1CCC2CCCC2C1.C1CCC2CCCCC2C1.C1CCCC1.C1CCCCC1.C1CCCCCC1.C1CCCCCCC1. The minimum Gasteiger partial charge on any atom is -0.0885 e. The van der Waals surface area contributed by atoms with Crippen LogP contribution in [-0.2, 0) is 0 Å². The van der Waals surface area contributed by atoms with Crippen molar-refractivity contribution in [3.8, 4) is 0 Å². The van der Waals surface area contributed by atoms with Crippen LogP contribution in [0.5, 0.6) is 0 Å². The third-order valence-electron chi connectivity index (χ3n) is 31.9. The van der Waals surface area contributed by atoms with Gasteiger partial charge < -0.3 is 0 Å². The molecule has 0 aromatic rings. The topological polar surface area (TPSA) is 0 Å². The van der Waals surface area contributed by atoms with Crippen LogP contribution in [0, 0.1) is 94.7 Å². The first kappa shape index (κ1) is 88.2. The third-order valence-corrected chi connectivity index (χ3v) is 31.9. The van der Waals surface area contributed by atoms with Gasteiger partial charge in [0.15, 0.2) is 0 Å². The zero-order valence-corrected chi connectivity index (χ0v) is 71.4. The van der Waals surface area contributed by atoms with Gasteiger partial charge in [0.25, 0.3) is 0 Å². The van der Waals surface area contributed by atoms with E-state index in [1.54, 1.807) is 212 Å². The normalized spacial score (nSPS) is 36.3. The van der Waals surface area contributed by atoms with Crippen LogP contribution in [-0.4, -0.2) is 0 Å². The lowest BCUT2D eigenvalue weighted by atomic mass is 9.65. The van der Waals surface area contributed by atoms with Crippen molar-refractivity contribution < 1.29 is 0 Å². The molecule has 0 aliphatic heterocycles. The molecule has 6 atom stereocenters. The molecular weight excluding hydrogens is 1260 g/mol. The molecule has 0 N–H and O–H groups in total. The fraction of sp³-hybridized carbons (Fsp3) is 0.943. The Morgan fingerprint density at radius 3 is 0.400 bits per heavy atom. The van der Waals surface area contributed by atoms with Gasteiger partial charge in [-0.1, -0.05) is 486 Å². The largest absolute Gasteiger partial charge is 0.0885 e. The van der Waals surface area contributed by atoms with Crippen LogP contribution in [0.4, 0.5) is 0 Å². The molecule has 26 rings (SSSR count). The highest BCUT2D eigenvalue weighted by Gasteiger charge is 2.44. The van der Waals surface area contributed by atoms with E-state index in [9.17, 15) is 0 Å². The Kier molecular flexibility index (Phi) is 48.8. The number of allylic oxidation sites excluding steroid dienone is 6. The fourth-order valence-corrected chi connectivity index (χ4v) is 23.5. The zero-order valence-electron chi connectivity index (χ0n) is 71.4. The van der Waals surface area contributed by atoms with E-state index < -0.39 is 0 Å². The molecule has 24 saturated carbocycles. The van der Waals surface area contributed by atoms with Gasteiger partial charge in [0.2, 0.25) is 0 Å². The first-order valence-corrected chi connectivity index (χ1v) is 51.1. The predicted octanol–water partition coefficient (Wildman–Crippen LogP) is 36.0. The summed E-state index contributed by atoms with van der Waals surface area (Å²) in [6.45, 7) is 0. The maximum atomic E-state index is 2.27. The average Bonchev–Trinajstić information content (AvgIpc) is 1.64. The second kappa shape index (κ2) is 58.1. The van der Waals surface area contributed by atoms with Gasteiger partial charge in [-0.2, -0.15) is 0 Å². The van der Waals surface area contributed by atoms with Gasteiger partial charge in [-0.05, 0) is 178 Å². The average molecular weight is 1450 g/mol. The highest BCUT2D eigenvalue weighted by Crippen LogP contribution is 2.55. The Morgan fingerprint density at radius 1 is 0.105 bits per heavy atom. The van der Waals surface area contributed by atoms with E-state index in [1.807, 2.05) is 0 Å². The lowest BCUT2D eigenvalue weighted by Gasteiger charge is -2.40. The molecule has 0 heteroatoms. The summed E-state index contributed by atoms with van der Waals surface area (Å²) in [6.07, 6.45) is 139. The maximum Gasteiger partial charge on any atom is -0.0169 e. The highest BCUT2D eigenvalue weighted by molar-refractivity contribution is 5.02. The molecule has 0 amide bonds. The van der Waals surface area contributed by atoms with E-state index in [4.69, 9.17) is 0 Å². The summed E-state index contributed by atoms with van der Waals surface area (Å²) in [5, 5.41) is 0. The summed E-state index contributed by atoms with van der Waals surface area (Å²) in [7, 11) is 0. The highest BCUT2D eigenvalue weighted by atomic mass is 14.5. The summed E-state index contributed by atoms with van der Waals surface area (Å²) in [5.74, 6) is 18.9. The maximum absolute atomic E-state index is 2.27. The number of hydrogen-bond acceptors (Lipinski definition) is 0. The first-order chi connectivity index (χ1) is 52.2. The van der Waals surface area contributed by atoms with Gasteiger partial charge >= 0.3 is 0 Å². The summed E-state index contributed by atoms with van der Waals surface area (Å²) in [4.78, 5) is 0. The fourth-order valence-electron chi connectivity index (χ4n) is 23.5. The second-order valence-corrected chi connectivity index (χ2v) is 40.8. The van der Waals surface area contributed by atoms with Gasteiger partial charge in [-0.15, -0.1) is 0 Å². The minimum atomic E-state index is 1.14. The second-order valence-electron chi connectivity index (χ2n) is 40.8. The van der Waals surface area contributed by atoms with E-state index in [0.29, 0.717) is 0 Å². The molecule has 105 heavy (non-hydrogen) atoms. The van der Waals surface area contributed by atoms with Crippen LogP contribution >= 0.6 is 0 Å². The number of hydrogen-bond donors (Lipinski definition) is 0. The summed E-state index contributed by atoms with van der Waals surface area (Å²) < 4.78 is 0. The van der Waals surface area contributed by atoms with E-state index in [2.05, 4.69) is 36.5 Å². The monoisotopic (exact) mass is 1450 g/mol. The molecule has 0 aromatic carbocycles. The summed E-state index contributed by atoms with van der Waals surface area (Å²) in [5.41, 5.74) is 0. The number of fused-ring (bicyclic) bond motifs is 12. The van der Waals surface area contributed by atoms with Gasteiger partial charge in [0.1, 0.15) is 0 Å². The van der Waals surface area contributed by atoms with Crippen molar-refractivity contribution >= 4 is 0 Å². The Balaban J connectivity index is 0.000000130. The van der Waals surface area contributed by atoms with Crippen LogP contribution in [0.1, 0.15) is 533 Å². The zero-order chi connectivity index (χ0) is 72.2. The Labute approximate surface area is 660 Å². The molecule has 0 nitrogen and oxygen atoms in total. The quantitative estimate of drug-likeness (QED) is 0.168. The molecule has 0 saturated heterocycles. The molecule has 0 radical (unpaired) electrons. The first-order valence-electron chi connectivity index (χ1n) is 51.1. The molecular formula is C105H188. The Morgan fingerprint density at radius 2 is 0.286 bits per heavy atom. The van der Waals surface area contributed by atoms with Gasteiger partial charge in [-0.3, -0.25) is 0 Å². The third kappa shape index (κ3) is 41.7. The van der Waals surface area contributed by atoms with Crippen LogP contribution < -0.4 is 0 Å². The van der Waals surface area contributed by atoms with Crippen LogP contribution in [0.3, 0.4) is 0 Å². The molecule has 6 unspecified atom stereocenters. The van der Waals surface area contributed by atoms with Crippen molar-refractivity contribution in [2.45, 2.75) is 533 Å². The molecule has 0 aromatic heterocycles. The van der Waals surface area contributed by atoms with Crippen molar-refractivity contribution in [3.63, 3.8) is 0 Å². The molecule has 608 valence electrons. The van der Waals surface area contributed by atoms with Gasteiger partial charge in [0, 0.05) is 0 Å². The summed E-state index contributed by atoms with van der Waals surface area (Å²) >= 11 is 0. The van der Waals surface area contributed by atoms with Crippen molar-refractivity contribution in [2.75, 3.05) is 0 Å². The van der Waals surface area contributed by atoms with Crippen LogP contribution in [0.15, 0.2) is 36.5 Å². The molecule has 0 heterocycles.